The second-order valence-corrected chi connectivity index (χ2v) is 8.71. The van der Waals surface area contributed by atoms with Crippen LogP contribution in [0.25, 0.3) is 0 Å². The molecule has 8 heteroatoms. The van der Waals surface area contributed by atoms with Gasteiger partial charge in [-0.3, -0.25) is 9.59 Å². The van der Waals surface area contributed by atoms with Crippen LogP contribution < -0.4 is 5.73 Å². The second kappa shape index (κ2) is 8.16. The van der Waals surface area contributed by atoms with Crippen molar-refractivity contribution in [1.82, 2.24) is 9.88 Å². The molecule has 3 aromatic rings. The van der Waals surface area contributed by atoms with Crippen LogP contribution in [0.4, 0.5) is 4.39 Å². The van der Waals surface area contributed by atoms with Crippen molar-refractivity contribution in [2.75, 3.05) is 0 Å². The van der Waals surface area contributed by atoms with Crippen molar-refractivity contribution in [1.29, 1.82) is 0 Å². The van der Waals surface area contributed by atoms with Gasteiger partial charge in [0.15, 0.2) is 0 Å². The number of rotatable bonds is 5. The number of carbonyl (C=O) groups excluding carboxylic acids is 2. The Morgan fingerprint density at radius 1 is 1.33 bits per heavy atom. The molecule has 1 aliphatic rings. The molecule has 0 saturated carbocycles. The molecule has 0 radical (unpaired) electrons. The molecule has 154 valence electrons. The minimum atomic E-state index is -0.566. The highest BCUT2D eigenvalue weighted by Crippen LogP contribution is 2.40. The summed E-state index contributed by atoms with van der Waals surface area (Å²) < 4.78 is 14.5. The van der Waals surface area contributed by atoms with Crippen molar-refractivity contribution in [3.8, 4) is 0 Å². The van der Waals surface area contributed by atoms with Gasteiger partial charge < -0.3 is 10.6 Å². The number of halogens is 2. The normalized spacial score (nSPS) is 15.1. The lowest BCUT2D eigenvalue weighted by molar-refractivity contribution is 0.0651. The van der Waals surface area contributed by atoms with E-state index in [4.69, 9.17) is 17.3 Å². The zero-order chi connectivity index (χ0) is 21.4. The number of hydrogen-bond donors (Lipinski definition) is 1. The van der Waals surface area contributed by atoms with E-state index in [2.05, 4.69) is 4.98 Å². The summed E-state index contributed by atoms with van der Waals surface area (Å²) in [5, 5.41) is 2.77. The van der Waals surface area contributed by atoms with Crippen LogP contribution in [0.2, 0.25) is 5.02 Å². The van der Waals surface area contributed by atoms with Gasteiger partial charge in [0.25, 0.3) is 5.91 Å². The van der Waals surface area contributed by atoms with Crippen LogP contribution in [0, 0.1) is 12.7 Å². The van der Waals surface area contributed by atoms with Crippen molar-refractivity contribution < 1.29 is 14.0 Å². The van der Waals surface area contributed by atoms with Crippen LogP contribution in [0.5, 0.6) is 0 Å². The number of fused-ring (bicyclic) bond motifs is 1. The summed E-state index contributed by atoms with van der Waals surface area (Å²) in [6, 6.07) is 9.53. The lowest BCUT2D eigenvalue weighted by Gasteiger charge is -2.30. The number of amides is 2. The summed E-state index contributed by atoms with van der Waals surface area (Å²) in [6.07, 6.45) is 1.06. The first kappa shape index (κ1) is 20.5. The summed E-state index contributed by atoms with van der Waals surface area (Å²) in [4.78, 5) is 31.3. The van der Waals surface area contributed by atoms with Crippen molar-refractivity contribution >= 4 is 34.8 Å². The van der Waals surface area contributed by atoms with Gasteiger partial charge >= 0.3 is 0 Å². The van der Waals surface area contributed by atoms with E-state index in [1.807, 2.05) is 6.92 Å². The Labute approximate surface area is 182 Å². The SMILES string of the molecule is Cc1nc(C(=O)N(Cc2ccccc2C(N)=O)[C@@H]2CCc3c(F)cc(Cl)cc32)cs1. The first-order chi connectivity index (χ1) is 14.3. The molecule has 2 aromatic carbocycles. The van der Waals surface area contributed by atoms with Crippen molar-refractivity contribution in [2.24, 2.45) is 5.73 Å². The summed E-state index contributed by atoms with van der Waals surface area (Å²) in [5.74, 6) is -1.21. The largest absolute Gasteiger partial charge is 0.366 e. The number of aromatic nitrogens is 1. The number of nitrogens with two attached hydrogens (primary N) is 1. The van der Waals surface area contributed by atoms with E-state index in [-0.39, 0.29) is 29.3 Å². The first-order valence-electron chi connectivity index (χ1n) is 9.43. The van der Waals surface area contributed by atoms with Gasteiger partial charge in [-0.2, -0.15) is 0 Å². The number of nitrogens with zero attached hydrogens (tertiary/aromatic N) is 2. The van der Waals surface area contributed by atoms with E-state index in [9.17, 15) is 14.0 Å². The van der Waals surface area contributed by atoms with E-state index >= 15 is 0 Å². The molecule has 4 rings (SSSR count). The van der Waals surface area contributed by atoms with E-state index in [1.165, 1.54) is 17.4 Å². The van der Waals surface area contributed by atoms with Gasteiger partial charge in [-0.15, -0.1) is 11.3 Å². The van der Waals surface area contributed by atoms with Crippen LogP contribution in [0.1, 0.15) is 55.0 Å². The Bertz CT molecular complexity index is 1150. The Kier molecular flexibility index (Phi) is 5.58. The smallest absolute Gasteiger partial charge is 0.274 e. The molecule has 2 amide bonds. The maximum absolute atomic E-state index is 14.5. The van der Waals surface area contributed by atoms with E-state index in [0.29, 0.717) is 40.8 Å². The fraction of sp³-hybridized carbons (Fsp3) is 0.227. The van der Waals surface area contributed by atoms with E-state index < -0.39 is 5.91 Å². The molecule has 0 unspecified atom stereocenters. The predicted octanol–water partition coefficient (Wildman–Crippen LogP) is 4.67. The number of primary amides is 1. The summed E-state index contributed by atoms with van der Waals surface area (Å²) in [7, 11) is 0. The van der Waals surface area contributed by atoms with Crippen LogP contribution in [0.3, 0.4) is 0 Å². The molecular weight excluding hydrogens is 425 g/mol. The molecular formula is C22H19ClFN3O2S. The third-order valence-electron chi connectivity index (χ3n) is 5.32. The average molecular weight is 444 g/mol. The zero-order valence-corrected chi connectivity index (χ0v) is 17.8. The fourth-order valence-electron chi connectivity index (χ4n) is 3.96. The van der Waals surface area contributed by atoms with Gasteiger partial charge in [-0.1, -0.05) is 29.8 Å². The fourth-order valence-corrected chi connectivity index (χ4v) is 4.76. The maximum atomic E-state index is 14.5. The monoisotopic (exact) mass is 443 g/mol. The Morgan fingerprint density at radius 3 is 2.80 bits per heavy atom. The zero-order valence-electron chi connectivity index (χ0n) is 16.2. The van der Waals surface area contributed by atoms with Crippen molar-refractivity contribution in [3.05, 3.63) is 85.6 Å². The van der Waals surface area contributed by atoms with Gasteiger partial charge in [0, 0.05) is 22.5 Å². The highest BCUT2D eigenvalue weighted by molar-refractivity contribution is 7.09. The van der Waals surface area contributed by atoms with E-state index in [1.54, 1.807) is 40.6 Å². The minimum absolute atomic E-state index is 0.146. The second-order valence-electron chi connectivity index (χ2n) is 7.22. The summed E-state index contributed by atoms with van der Waals surface area (Å²) >= 11 is 7.49. The van der Waals surface area contributed by atoms with Crippen LogP contribution in [0.15, 0.2) is 41.8 Å². The molecule has 1 atom stereocenters. The number of thiazole rings is 1. The summed E-state index contributed by atoms with van der Waals surface area (Å²) in [5.41, 5.74) is 8.09. The average Bonchev–Trinajstić information content (AvgIpc) is 3.32. The molecule has 0 fully saturated rings. The number of aryl methyl sites for hydroxylation is 1. The lowest BCUT2D eigenvalue weighted by Crippen LogP contribution is -2.34. The van der Waals surface area contributed by atoms with Crippen LogP contribution >= 0.6 is 22.9 Å². The molecule has 1 heterocycles. The number of benzene rings is 2. The third kappa shape index (κ3) is 3.82. The molecule has 0 saturated heterocycles. The first-order valence-corrected chi connectivity index (χ1v) is 10.7. The predicted molar refractivity (Wildman–Crippen MR) is 114 cm³/mol. The highest BCUT2D eigenvalue weighted by atomic mass is 35.5. The van der Waals surface area contributed by atoms with Crippen molar-refractivity contribution in [2.45, 2.75) is 32.4 Å². The quantitative estimate of drug-likeness (QED) is 0.622. The van der Waals surface area contributed by atoms with Gasteiger partial charge in [0.2, 0.25) is 5.91 Å². The number of hydrogen-bond acceptors (Lipinski definition) is 4. The van der Waals surface area contributed by atoms with Crippen molar-refractivity contribution in [3.63, 3.8) is 0 Å². The molecule has 1 aliphatic carbocycles. The third-order valence-corrected chi connectivity index (χ3v) is 6.31. The highest BCUT2D eigenvalue weighted by Gasteiger charge is 2.34. The Hall–Kier alpha value is -2.77. The maximum Gasteiger partial charge on any atom is 0.274 e. The molecule has 0 spiro atoms. The van der Waals surface area contributed by atoms with Gasteiger partial charge in [-0.25, -0.2) is 9.37 Å². The van der Waals surface area contributed by atoms with Crippen LogP contribution in [-0.4, -0.2) is 21.7 Å². The molecule has 0 aliphatic heterocycles. The number of carbonyl (C=O) groups is 2. The van der Waals surface area contributed by atoms with Crippen LogP contribution in [-0.2, 0) is 13.0 Å². The standard InChI is InChI=1S/C22H19ClFN3O2S/c1-12-26-19(11-30-12)22(29)27(10-13-4-2-3-5-15(13)21(25)28)20-7-6-16-17(20)8-14(23)9-18(16)24/h2-5,8-9,11,20H,6-7,10H2,1H3,(H2,25,28)/t20-/m1/s1. The Balaban J connectivity index is 1.79. The Morgan fingerprint density at radius 2 is 2.10 bits per heavy atom. The van der Waals surface area contributed by atoms with Gasteiger partial charge in [0.1, 0.15) is 11.5 Å². The van der Waals surface area contributed by atoms with Gasteiger partial charge in [0.05, 0.1) is 11.0 Å². The summed E-state index contributed by atoms with van der Waals surface area (Å²) in [6.45, 7) is 1.97. The molecule has 5 nitrogen and oxygen atoms in total. The molecule has 0 bridgehead atoms. The van der Waals surface area contributed by atoms with E-state index in [0.717, 1.165) is 5.01 Å². The lowest BCUT2D eigenvalue weighted by atomic mass is 10.0. The molecule has 1 aromatic heterocycles. The molecule has 2 N–H and O–H groups in total. The van der Waals surface area contributed by atoms with Gasteiger partial charge in [-0.05, 0) is 54.7 Å². The minimum Gasteiger partial charge on any atom is -0.366 e. The molecule has 30 heavy (non-hydrogen) atoms. The topological polar surface area (TPSA) is 76.3 Å².